The highest BCUT2D eigenvalue weighted by molar-refractivity contribution is 9.09. The summed E-state index contributed by atoms with van der Waals surface area (Å²) < 4.78 is 0. The second-order valence-corrected chi connectivity index (χ2v) is 1.77. The van der Waals surface area contributed by atoms with E-state index in [2.05, 4.69) is 34.0 Å². The molecule has 0 fully saturated rings. The zero-order chi connectivity index (χ0) is 8.57. The van der Waals surface area contributed by atoms with Crippen LogP contribution in [0.1, 0.15) is 0 Å². The number of amides is 2. The Bertz CT molecular complexity index is 136. The van der Waals surface area contributed by atoms with Crippen molar-refractivity contribution in [2.45, 2.75) is 0 Å². The van der Waals surface area contributed by atoms with E-state index in [1.807, 2.05) is 0 Å². The second kappa shape index (κ2) is 8.16. The monoisotopic (exact) mass is 208 g/mol. The number of primary amides is 2. The molecule has 0 spiro atoms. The number of halogens is 1. The van der Waals surface area contributed by atoms with Gasteiger partial charge in [0.15, 0.2) is 0 Å². The Morgan fingerprint density at radius 2 is 1.70 bits per heavy atom. The minimum atomic E-state index is -0.481. The molecule has 0 aliphatic carbocycles. The fraction of sp³-hybridized carbons (Fsp3) is 0.200. The third kappa shape index (κ3) is 27.2. The Morgan fingerprint density at radius 1 is 1.50 bits per heavy atom. The van der Waals surface area contributed by atoms with Crippen molar-refractivity contribution in [2.75, 3.05) is 5.33 Å². The van der Waals surface area contributed by atoms with E-state index in [1.165, 1.54) is 0 Å². The van der Waals surface area contributed by atoms with Crippen molar-refractivity contribution < 1.29 is 9.59 Å². The molecule has 4 nitrogen and oxygen atoms in total. The van der Waals surface area contributed by atoms with Gasteiger partial charge in [0.2, 0.25) is 11.8 Å². The molecule has 0 rings (SSSR count). The third-order valence-electron chi connectivity index (χ3n) is 0.333. The highest BCUT2D eigenvalue weighted by atomic mass is 79.9. The molecule has 0 aromatic rings. The summed E-state index contributed by atoms with van der Waals surface area (Å²) in [7, 11) is 0. The van der Waals surface area contributed by atoms with Gasteiger partial charge in [-0.1, -0.05) is 22.5 Å². The molecule has 2 amide bonds. The molecule has 0 radical (unpaired) electrons. The molecular formula is C5H9BrN2O2. The first-order valence-corrected chi connectivity index (χ1v) is 3.42. The molecule has 0 unspecified atom stereocenters. The Balaban J connectivity index is 0. The summed E-state index contributed by atoms with van der Waals surface area (Å²) in [4.78, 5) is 19.0. The van der Waals surface area contributed by atoms with Crippen molar-refractivity contribution in [1.82, 2.24) is 0 Å². The van der Waals surface area contributed by atoms with E-state index in [9.17, 15) is 9.59 Å². The van der Waals surface area contributed by atoms with E-state index < -0.39 is 5.91 Å². The lowest BCUT2D eigenvalue weighted by Crippen LogP contribution is -2.10. The molecule has 4 N–H and O–H groups in total. The lowest BCUT2D eigenvalue weighted by Gasteiger charge is -1.71. The zero-order valence-corrected chi connectivity index (χ0v) is 6.93. The van der Waals surface area contributed by atoms with Crippen LogP contribution in [0.2, 0.25) is 0 Å². The average Bonchev–Trinajstić information content (AvgIpc) is 1.89. The van der Waals surface area contributed by atoms with Gasteiger partial charge < -0.3 is 11.5 Å². The van der Waals surface area contributed by atoms with Gasteiger partial charge in [-0.25, -0.2) is 0 Å². The molecule has 0 saturated carbocycles. The van der Waals surface area contributed by atoms with Gasteiger partial charge >= 0.3 is 0 Å². The molecule has 0 atom stereocenters. The summed E-state index contributed by atoms with van der Waals surface area (Å²) in [5.41, 5.74) is 9.14. The second-order valence-electron chi connectivity index (χ2n) is 1.21. The summed E-state index contributed by atoms with van der Waals surface area (Å²) in [6, 6.07) is 0. The Labute approximate surface area is 67.4 Å². The van der Waals surface area contributed by atoms with Gasteiger partial charge in [-0.2, -0.15) is 0 Å². The van der Waals surface area contributed by atoms with Crippen molar-refractivity contribution in [3.05, 3.63) is 12.7 Å². The first kappa shape index (κ1) is 11.9. The van der Waals surface area contributed by atoms with Crippen molar-refractivity contribution in [1.29, 1.82) is 0 Å². The van der Waals surface area contributed by atoms with Crippen LogP contribution in [-0.4, -0.2) is 17.1 Å². The quantitative estimate of drug-likeness (QED) is 0.475. The number of carbonyl (C=O) groups is 2. The highest BCUT2D eigenvalue weighted by Crippen LogP contribution is 1.71. The number of alkyl halides is 1. The fourth-order valence-corrected chi connectivity index (χ4v) is 0. The molecule has 0 saturated heterocycles. The molecule has 0 aliphatic heterocycles. The maximum absolute atomic E-state index is 9.54. The van der Waals surface area contributed by atoms with Crippen LogP contribution in [0.4, 0.5) is 0 Å². The predicted octanol–water partition coefficient (Wildman–Crippen LogP) is -0.476. The Hall–Kier alpha value is -0.840. The molecule has 0 aromatic heterocycles. The molecule has 10 heavy (non-hydrogen) atoms. The molecule has 0 bridgehead atoms. The molecule has 0 aliphatic rings. The number of carbonyl (C=O) groups excluding carboxylic acids is 2. The average molecular weight is 209 g/mol. The van der Waals surface area contributed by atoms with Crippen molar-refractivity contribution in [3.8, 4) is 0 Å². The molecular weight excluding hydrogens is 200 g/mol. The highest BCUT2D eigenvalue weighted by Gasteiger charge is 1.79. The van der Waals surface area contributed by atoms with E-state index in [0.29, 0.717) is 0 Å². The molecule has 5 heteroatoms. The molecule has 0 heterocycles. The molecule has 0 aromatic carbocycles. The minimum absolute atomic E-state index is 0.257. The smallest absolute Gasteiger partial charge is 0.240 e. The van der Waals surface area contributed by atoms with Gasteiger partial charge in [-0.05, 0) is 6.08 Å². The first-order chi connectivity index (χ1) is 4.54. The number of hydrogen-bond acceptors (Lipinski definition) is 2. The van der Waals surface area contributed by atoms with Crippen LogP contribution < -0.4 is 11.5 Å². The van der Waals surface area contributed by atoms with E-state index in [1.54, 1.807) is 0 Å². The Morgan fingerprint density at radius 3 is 1.70 bits per heavy atom. The number of rotatable bonds is 2. The predicted molar refractivity (Wildman–Crippen MR) is 42.4 cm³/mol. The van der Waals surface area contributed by atoms with Gasteiger partial charge in [0, 0.05) is 0 Å². The maximum atomic E-state index is 9.54. The van der Waals surface area contributed by atoms with Gasteiger partial charge in [-0.15, -0.1) is 0 Å². The normalized spacial score (nSPS) is 6.90. The van der Waals surface area contributed by atoms with E-state index in [-0.39, 0.29) is 11.2 Å². The topological polar surface area (TPSA) is 86.2 Å². The lowest BCUT2D eigenvalue weighted by atomic mass is 10.6. The summed E-state index contributed by atoms with van der Waals surface area (Å²) in [5, 5.41) is 0.257. The van der Waals surface area contributed by atoms with Gasteiger partial charge in [0.25, 0.3) is 0 Å². The Kier molecular flexibility index (Phi) is 9.71. The van der Waals surface area contributed by atoms with Crippen molar-refractivity contribution >= 4 is 27.7 Å². The SMILES string of the molecule is C=CC(N)=O.NC(=O)CBr. The largest absolute Gasteiger partial charge is 0.369 e. The van der Waals surface area contributed by atoms with Crippen molar-refractivity contribution in [3.63, 3.8) is 0 Å². The summed E-state index contributed by atoms with van der Waals surface area (Å²) >= 11 is 2.84. The zero-order valence-electron chi connectivity index (χ0n) is 5.34. The van der Waals surface area contributed by atoms with Crippen LogP contribution >= 0.6 is 15.9 Å². The maximum Gasteiger partial charge on any atom is 0.240 e. The van der Waals surface area contributed by atoms with Crippen molar-refractivity contribution in [2.24, 2.45) is 11.5 Å². The first-order valence-electron chi connectivity index (χ1n) is 2.30. The molecule has 58 valence electrons. The van der Waals surface area contributed by atoms with Crippen LogP contribution in [0, 0.1) is 0 Å². The van der Waals surface area contributed by atoms with Crippen LogP contribution in [0.3, 0.4) is 0 Å². The third-order valence-corrected chi connectivity index (χ3v) is 0.886. The van der Waals surface area contributed by atoms with Crippen LogP contribution in [0.5, 0.6) is 0 Å². The summed E-state index contributed by atoms with van der Waals surface area (Å²) in [5.74, 6) is -0.810. The standard InChI is InChI=1S/C3H5NO.C2H4BrNO/c1-2-3(4)5;3-1-2(4)5/h2H,1H2,(H2,4,5);1H2,(H2,4,5). The van der Waals surface area contributed by atoms with Crippen LogP contribution in [-0.2, 0) is 9.59 Å². The van der Waals surface area contributed by atoms with Crippen LogP contribution in [0.15, 0.2) is 12.7 Å². The van der Waals surface area contributed by atoms with E-state index in [4.69, 9.17) is 0 Å². The van der Waals surface area contributed by atoms with Gasteiger partial charge in [0.1, 0.15) is 0 Å². The van der Waals surface area contributed by atoms with Gasteiger partial charge in [0.05, 0.1) is 5.33 Å². The fourth-order valence-electron chi connectivity index (χ4n) is 0. The van der Waals surface area contributed by atoms with E-state index >= 15 is 0 Å². The van der Waals surface area contributed by atoms with Gasteiger partial charge in [-0.3, -0.25) is 9.59 Å². The van der Waals surface area contributed by atoms with Crippen LogP contribution in [0.25, 0.3) is 0 Å². The summed E-state index contributed by atoms with van der Waals surface area (Å²) in [6.45, 7) is 3.09. The number of hydrogen-bond donors (Lipinski definition) is 2. The van der Waals surface area contributed by atoms with E-state index in [0.717, 1.165) is 6.08 Å². The minimum Gasteiger partial charge on any atom is -0.369 e. The number of nitrogens with two attached hydrogens (primary N) is 2. The summed E-state index contributed by atoms with van der Waals surface area (Å²) in [6.07, 6.45) is 1.06. The lowest BCUT2D eigenvalue weighted by molar-refractivity contribution is -0.115.